The second kappa shape index (κ2) is 7.06. The number of carbonyl (C=O) groups excluding carboxylic acids is 2. The van der Waals surface area contributed by atoms with Crippen LogP contribution in [0.3, 0.4) is 0 Å². The van der Waals surface area contributed by atoms with Crippen LogP contribution < -0.4 is 5.32 Å². The molecule has 0 aliphatic carbocycles. The molecule has 1 unspecified atom stereocenters. The van der Waals surface area contributed by atoms with Gasteiger partial charge in [-0.15, -0.1) is 0 Å². The fourth-order valence-electron chi connectivity index (χ4n) is 2.33. The molecular formula is C18H14N2O6. The first-order valence-electron chi connectivity index (χ1n) is 7.69. The summed E-state index contributed by atoms with van der Waals surface area (Å²) in [5, 5.41) is 14.1. The van der Waals surface area contributed by atoms with Crippen molar-refractivity contribution in [2.75, 3.05) is 5.32 Å². The zero-order valence-corrected chi connectivity index (χ0v) is 13.7. The number of benzene rings is 2. The highest BCUT2D eigenvalue weighted by Crippen LogP contribution is 2.24. The number of esters is 1. The SMILES string of the molecule is CC(OC(=O)c1cc2ccccc2o1)C(=O)Nc1ccccc1[N+](=O)[O-]. The fraction of sp³-hybridized carbons (Fsp3) is 0.111. The van der Waals surface area contributed by atoms with E-state index in [4.69, 9.17) is 9.15 Å². The number of nitro groups is 1. The van der Waals surface area contributed by atoms with Crippen LogP contribution in [-0.2, 0) is 9.53 Å². The van der Waals surface area contributed by atoms with Crippen LogP contribution in [0, 0.1) is 10.1 Å². The van der Waals surface area contributed by atoms with Gasteiger partial charge in [-0.1, -0.05) is 30.3 Å². The van der Waals surface area contributed by atoms with Crippen LogP contribution in [0.4, 0.5) is 11.4 Å². The Hall–Kier alpha value is -3.68. The van der Waals surface area contributed by atoms with Gasteiger partial charge in [0.15, 0.2) is 6.10 Å². The summed E-state index contributed by atoms with van der Waals surface area (Å²) in [6, 6.07) is 14.3. The van der Waals surface area contributed by atoms with E-state index >= 15 is 0 Å². The van der Waals surface area contributed by atoms with E-state index in [1.54, 1.807) is 30.3 Å². The van der Waals surface area contributed by atoms with Gasteiger partial charge in [-0.3, -0.25) is 14.9 Å². The molecule has 0 radical (unpaired) electrons. The van der Waals surface area contributed by atoms with E-state index in [9.17, 15) is 19.7 Å². The van der Waals surface area contributed by atoms with Gasteiger partial charge in [0.25, 0.3) is 11.6 Å². The molecule has 0 bridgehead atoms. The number of nitro benzene ring substituents is 1. The molecule has 26 heavy (non-hydrogen) atoms. The first-order chi connectivity index (χ1) is 12.5. The second-order valence-corrected chi connectivity index (χ2v) is 5.46. The molecule has 1 atom stereocenters. The molecule has 8 heteroatoms. The number of rotatable bonds is 5. The van der Waals surface area contributed by atoms with Crippen molar-refractivity contribution in [1.29, 1.82) is 0 Å². The van der Waals surface area contributed by atoms with E-state index in [2.05, 4.69) is 5.32 Å². The number of furan rings is 1. The highest BCUT2D eigenvalue weighted by Gasteiger charge is 2.23. The van der Waals surface area contributed by atoms with Crippen molar-refractivity contribution in [3.8, 4) is 0 Å². The Morgan fingerprint density at radius 1 is 1.15 bits per heavy atom. The van der Waals surface area contributed by atoms with Crippen LogP contribution in [0.25, 0.3) is 11.0 Å². The lowest BCUT2D eigenvalue weighted by Gasteiger charge is -2.12. The minimum Gasteiger partial charge on any atom is -0.449 e. The Balaban J connectivity index is 1.69. The minimum atomic E-state index is -1.17. The number of anilines is 1. The minimum absolute atomic E-state index is 0.0223. The molecule has 0 aliphatic heterocycles. The molecule has 0 aliphatic rings. The first kappa shape index (κ1) is 17.2. The second-order valence-electron chi connectivity index (χ2n) is 5.46. The van der Waals surface area contributed by atoms with Gasteiger partial charge < -0.3 is 14.5 Å². The molecule has 8 nitrogen and oxygen atoms in total. The largest absolute Gasteiger partial charge is 0.449 e. The van der Waals surface area contributed by atoms with Gasteiger partial charge in [0, 0.05) is 11.5 Å². The van der Waals surface area contributed by atoms with Crippen molar-refractivity contribution in [2.24, 2.45) is 0 Å². The number of nitrogens with one attached hydrogen (secondary N) is 1. The summed E-state index contributed by atoms with van der Waals surface area (Å²) < 4.78 is 10.5. The summed E-state index contributed by atoms with van der Waals surface area (Å²) in [7, 11) is 0. The Bertz CT molecular complexity index is 961. The molecule has 132 valence electrons. The first-order valence-corrected chi connectivity index (χ1v) is 7.69. The molecule has 0 spiro atoms. The molecule has 2 aromatic carbocycles. The van der Waals surface area contributed by atoms with Crippen LogP contribution in [0.5, 0.6) is 0 Å². The van der Waals surface area contributed by atoms with Gasteiger partial charge in [0.2, 0.25) is 5.76 Å². The van der Waals surface area contributed by atoms with Crippen molar-refractivity contribution in [1.82, 2.24) is 0 Å². The third-order valence-electron chi connectivity index (χ3n) is 3.64. The van der Waals surface area contributed by atoms with Gasteiger partial charge in [-0.05, 0) is 25.1 Å². The van der Waals surface area contributed by atoms with Gasteiger partial charge >= 0.3 is 5.97 Å². The standard InChI is InChI=1S/C18H14N2O6/c1-11(17(21)19-13-7-3-4-8-14(13)20(23)24)25-18(22)16-10-12-6-2-5-9-15(12)26-16/h2-11H,1H3,(H,19,21). The molecule has 3 rings (SSSR count). The summed E-state index contributed by atoms with van der Waals surface area (Å²) in [5.41, 5.74) is 0.294. The summed E-state index contributed by atoms with van der Waals surface area (Å²) in [6.07, 6.45) is -1.17. The predicted octanol–water partition coefficient (Wildman–Crippen LogP) is 3.53. The summed E-state index contributed by atoms with van der Waals surface area (Å²) >= 11 is 0. The van der Waals surface area contributed by atoms with Crippen LogP contribution in [0.2, 0.25) is 0 Å². The predicted molar refractivity (Wildman–Crippen MR) is 92.8 cm³/mol. The molecule has 0 saturated carbocycles. The van der Waals surface area contributed by atoms with E-state index in [1.807, 2.05) is 0 Å². The van der Waals surface area contributed by atoms with Crippen LogP contribution in [0.15, 0.2) is 59.0 Å². The third-order valence-corrected chi connectivity index (χ3v) is 3.64. The van der Waals surface area contributed by atoms with Gasteiger partial charge in [-0.2, -0.15) is 0 Å². The monoisotopic (exact) mass is 354 g/mol. The molecule has 1 amide bonds. The number of hydrogen-bond acceptors (Lipinski definition) is 6. The number of nitrogens with zero attached hydrogens (tertiary/aromatic N) is 1. The van der Waals surface area contributed by atoms with Gasteiger partial charge in [0.05, 0.1) is 4.92 Å². The Labute approximate surface area is 147 Å². The van der Waals surface area contributed by atoms with E-state index in [0.717, 1.165) is 5.39 Å². The topological polar surface area (TPSA) is 112 Å². The number of hydrogen-bond donors (Lipinski definition) is 1. The molecular weight excluding hydrogens is 340 g/mol. The lowest BCUT2D eigenvalue weighted by Crippen LogP contribution is -2.30. The maximum Gasteiger partial charge on any atom is 0.375 e. The maximum atomic E-state index is 12.2. The highest BCUT2D eigenvalue weighted by molar-refractivity contribution is 5.99. The van der Waals surface area contributed by atoms with E-state index in [-0.39, 0.29) is 17.1 Å². The van der Waals surface area contributed by atoms with E-state index < -0.39 is 22.9 Å². The van der Waals surface area contributed by atoms with Gasteiger partial charge in [-0.25, -0.2) is 4.79 Å². The normalized spacial score (nSPS) is 11.7. The molecule has 1 aromatic heterocycles. The fourth-order valence-corrected chi connectivity index (χ4v) is 2.33. The molecule has 3 aromatic rings. The summed E-state index contributed by atoms with van der Waals surface area (Å²) in [5.74, 6) is -1.52. The maximum absolute atomic E-state index is 12.2. The number of carbonyl (C=O) groups is 2. The zero-order chi connectivity index (χ0) is 18.7. The Morgan fingerprint density at radius 2 is 1.85 bits per heavy atom. The lowest BCUT2D eigenvalue weighted by molar-refractivity contribution is -0.383. The Morgan fingerprint density at radius 3 is 2.58 bits per heavy atom. The quantitative estimate of drug-likeness (QED) is 0.426. The molecule has 0 fully saturated rings. The number of fused-ring (bicyclic) bond motifs is 1. The summed E-state index contributed by atoms with van der Waals surface area (Å²) in [4.78, 5) is 34.7. The van der Waals surface area contributed by atoms with Crippen LogP contribution in [0.1, 0.15) is 17.5 Å². The number of ether oxygens (including phenoxy) is 1. The number of para-hydroxylation sites is 3. The average molecular weight is 354 g/mol. The highest BCUT2D eigenvalue weighted by atomic mass is 16.6. The van der Waals surface area contributed by atoms with E-state index in [1.165, 1.54) is 31.2 Å². The van der Waals surface area contributed by atoms with Crippen molar-refractivity contribution in [2.45, 2.75) is 13.0 Å². The van der Waals surface area contributed by atoms with Crippen molar-refractivity contribution < 1.29 is 23.7 Å². The van der Waals surface area contributed by atoms with Gasteiger partial charge in [0.1, 0.15) is 11.3 Å². The van der Waals surface area contributed by atoms with Crippen LogP contribution >= 0.6 is 0 Å². The molecule has 0 saturated heterocycles. The van der Waals surface area contributed by atoms with Crippen molar-refractivity contribution >= 4 is 34.2 Å². The van der Waals surface area contributed by atoms with Crippen LogP contribution in [-0.4, -0.2) is 22.9 Å². The molecule has 1 heterocycles. The molecule has 1 N–H and O–H groups in total. The number of amides is 1. The lowest BCUT2D eigenvalue weighted by atomic mass is 10.2. The van der Waals surface area contributed by atoms with Crippen molar-refractivity contribution in [3.05, 3.63) is 70.5 Å². The summed E-state index contributed by atoms with van der Waals surface area (Å²) in [6.45, 7) is 1.37. The van der Waals surface area contributed by atoms with E-state index in [0.29, 0.717) is 5.58 Å². The third kappa shape index (κ3) is 3.54. The smallest absolute Gasteiger partial charge is 0.375 e. The average Bonchev–Trinajstić information content (AvgIpc) is 3.06. The Kier molecular flexibility index (Phi) is 4.66. The van der Waals surface area contributed by atoms with Crippen molar-refractivity contribution in [3.63, 3.8) is 0 Å². The zero-order valence-electron chi connectivity index (χ0n) is 13.7.